The van der Waals surface area contributed by atoms with Crippen LogP contribution in [-0.4, -0.2) is 25.1 Å². The van der Waals surface area contributed by atoms with Gasteiger partial charge in [0.2, 0.25) is 0 Å². The molecule has 0 spiro atoms. The van der Waals surface area contributed by atoms with E-state index in [1.54, 1.807) is 38.5 Å². The Hall–Kier alpha value is -3.89. The fourth-order valence-corrected chi connectivity index (χ4v) is 3.56. The molecule has 1 atom stereocenters. The Labute approximate surface area is 187 Å². The number of ketones is 1. The summed E-state index contributed by atoms with van der Waals surface area (Å²) in [5, 5.41) is 10.6. The molecule has 32 heavy (non-hydrogen) atoms. The first-order valence-electron chi connectivity index (χ1n) is 10.3. The second-order valence-electron chi connectivity index (χ2n) is 7.42. The van der Waals surface area contributed by atoms with Crippen LogP contribution in [-0.2, 0) is 0 Å². The van der Waals surface area contributed by atoms with E-state index in [0.717, 1.165) is 33.8 Å². The summed E-state index contributed by atoms with van der Waals surface area (Å²) in [7, 11) is 3.27. The zero-order valence-electron chi connectivity index (χ0n) is 18.0. The predicted molar refractivity (Wildman–Crippen MR) is 126 cm³/mol. The summed E-state index contributed by atoms with van der Waals surface area (Å²) < 4.78 is 10.4. The van der Waals surface area contributed by atoms with Gasteiger partial charge in [-0.25, -0.2) is 0 Å². The van der Waals surface area contributed by atoms with Crippen LogP contribution >= 0.6 is 0 Å². The van der Waals surface area contributed by atoms with E-state index in [0.29, 0.717) is 11.1 Å². The van der Waals surface area contributed by atoms with Crippen LogP contribution in [0.15, 0.2) is 97.1 Å². The third kappa shape index (κ3) is 4.56. The highest BCUT2D eigenvalue weighted by Crippen LogP contribution is 2.27. The zero-order chi connectivity index (χ0) is 22.5. The Morgan fingerprint density at radius 3 is 1.31 bits per heavy atom. The maximum absolute atomic E-state index is 12.8. The van der Waals surface area contributed by atoms with Crippen molar-refractivity contribution in [2.24, 2.45) is 0 Å². The summed E-state index contributed by atoms with van der Waals surface area (Å²) >= 11 is 0. The number of rotatable bonds is 7. The number of hydrogen-bond acceptors (Lipinski definition) is 4. The minimum atomic E-state index is -1.22. The van der Waals surface area contributed by atoms with Gasteiger partial charge in [0.05, 0.1) is 14.2 Å². The Morgan fingerprint density at radius 1 is 0.594 bits per heavy atom. The topological polar surface area (TPSA) is 55.8 Å². The number of ether oxygens (including phenoxy) is 2. The van der Waals surface area contributed by atoms with Crippen LogP contribution in [0.4, 0.5) is 0 Å². The summed E-state index contributed by atoms with van der Waals surface area (Å²) in [6.45, 7) is 0. The minimum absolute atomic E-state index is 0.330. The Kier molecular flexibility index (Phi) is 6.34. The molecular formula is C28H24O4. The van der Waals surface area contributed by atoms with E-state index in [9.17, 15) is 9.90 Å². The van der Waals surface area contributed by atoms with E-state index >= 15 is 0 Å². The fourth-order valence-electron chi connectivity index (χ4n) is 3.56. The first kappa shape index (κ1) is 21.3. The van der Waals surface area contributed by atoms with Gasteiger partial charge in [0, 0.05) is 5.56 Å². The number of hydrogen-bond donors (Lipinski definition) is 1. The lowest BCUT2D eigenvalue weighted by molar-refractivity contribution is 0.0747. The minimum Gasteiger partial charge on any atom is -0.497 e. The summed E-state index contributed by atoms with van der Waals surface area (Å²) in [6, 6.07) is 30.1. The lowest BCUT2D eigenvalue weighted by Crippen LogP contribution is -2.12. The molecule has 4 rings (SSSR count). The Bertz CT molecular complexity index is 1180. The van der Waals surface area contributed by atoms with Gasteiger partial charge < -0.3 is 14.6 Å². The quantitative estimate of drug-likeness (QED) is 0.372. The van der Waals surface area contributed by atoms with Gasteiger partial charge >= 0.3 is 0 Å². The van der Waals surface area contributed by atoms with Crippen molar-refractivity contribution in [1.29, 1.82) is 0 Å². The molecule has 0 radical (unpaired) electrons. The number of aliphatic hydroxyl groups is 1. The lowest BCUT2D eigenvalue weighted by atomic mass is 9.96. The zero-order valence-corrected chi connectivity index (χ0v) is 18.0. The maximum Gasteiger partial charge on any atom is 0.195 e. The van der Waals surface area contributed by atoms with E-state index in [1.165, 1.54) is 0 Å². The molecule has 0 saturated carbocycles. The monoisotopic (exact) mass is 424 g/mol. The van der Waals surface area contributed by atoms with Crippen molar-refractivity contribution >= 4 is 5.78 Å². The first-order valence-corrected chi connectivity index (χ1v) is 10.3. The Morgan fingerprint density at radius 2 is 0.938 bits per heavy atom. The fraction of sp³-hybridized carbons (Fsp3) is 0.107. The molecule has 4 aromatic rings. The number of carbonyl (C=O) groups is 1. The first-order chi connectivity index (χ1) is 15.6. The number of benzene rings is 4. The molecule has 0 aromatic heterocycles. The van der Waals surface area contributed by atoms with E-state index in [1.807, 2.05) is 72.8 Å². The number of carbonyl (C=O) groups excluding carboxylic acids is 1. The van der Waals surface area contributed by atoms with Gasteiger partial charge in [0.15, 0.2) is 5.78 Å². The second kappa shape index (κ2) is 9.50. The van der Waals surface area contributed by atoms with Crippen molar-refractivity contribution in [2.45, 2.75) is 6.10 Å². The Balaban J connectivity index is 1.47. The highest BCUT2D eigenvalue weighted by molar-refractivity contribution is 6.00. The number of Topliss-reactive ketones (excluding diaryl/α,β-unsaturated/α-hetero) is 1. The molecule has 4 aromatic carbocycles. The number of methoxy groups -OCH3 is 2. The van der Waals surface area contributed by atoms with E-state index in [2.05, 4.69) is 0 Å². The van der Waals surface area contributed by atoms with Crippen molar-refractivity contribution in [2.75, 3.05) is 14.2 Å². The number of aliphatic hydroxyl groups excluding tert-OH is 1. The molecule has 0 fully saturated rings. The van der Waals surface area contributed by atoms with Crippen LogP contribution < -0.4 is 9.47 Å². The third-order valence-electron chi connectivity index (χ3n) is 5.49. The predicted octanol–water partition coefficient (Wildman–Crippen LogP) is 5.95. The summed E-state index contributed by atoms with van der Waals surface area (Å²) in [5.41, 5.74) is 5.08. The molecule has 1 N–H and O–H groups in total. The molecule has 0 bridgehead atoms. The molecule has 160 valence electrons. The average molecular weight is 424 g/mol. The standard InChI is InChI=1S/C28H24O4/c1-31-25-15-11-21(12-16-25)19-3-7-23(8-4-19)27(29)28(30)24-9-5-20(6-10-24)22-13-17-26(32-2)18-14-22/h3-18,27,29H,1-2H3. The summed E-state index contributed by atoms with van der Waals surface area (Å²) in [4.78, 5) is 12.8. The molecule has 0 amide bonds. The van der Waals surface area contributed by atoms with Crippen molar-refractivity contribution < 1.29 is 19.4 Å². The molecule has 4 nitrogen and oxygen atoms in total. The van der Waals surface area contributed by atoms with Crippen LogP contribution in [0.3, 0.4) is 0 Å². The van der Waals surface area contributed by atoms with E-state index in [-0.39, 0.29) is 5.78 Å². The average Bonchev–Trinajstić information content (AvgIpc) is 2.88. The second-order valence-corrected chi connectivity index (χ2v) is 7.42. The molecule has 0 heterocycles. The van der Waals surface area contributed by atoms with Crippen molar-refractivity contribution in [3.8, 4) is 33.8 Å². The van der Waals surface area contributed by atoms with Gasteiger partial charge in [-0.05, 0) is 52.1 Å². The third-order valence-corrected chi connectivity index (χ3v) is 5.49. The van der Waals surface area contributed by atoms with Crippen molar-refractivity contribution in [1.82, 2.24) is 0 Å². The summed E-state index contributed by atoms with van der Waals surface area (Å²) in [6.07, 6.45) is -1.22. The van der Waals surface area contributed by atoms with Gasteiger partial charge in [-0.15, -0.1) is 0 Å². The van der Waals surface area contributed by atoms with Gasteiger partial charge in [0.25, 0.3) is 0 Å². The van der Waals surface area contributed by atoms with Crippen LogP contribution in [0.2, 0.25) is 0 Å². The lowest BCUT2D eigenvalue weighted by Gasteiger charge is -2.12. The van der Waals surface area contributed by atoms with Crippen molar-refractivity contribution in [3.05, 3.63) is 108 Å². The summed E-state index contributed by atoms with van der Waals surface area (Å²) in [5.74, 6) is 1.26. The molecule has 0 aliphatic heterocycles. The van der Waals surface area contributed by atoms with Gasteiger partial charge in [-0.3, -0.25) is 4.79 Å². The highest BCUT2D eigenvalue weighted by Gasteiger charge is 2.19. The molecular weight excluding hydrogens is 400 g/mol. The highest BCUT2D eigenvalue weighted by atomic mass is 16.5. The molecule has 1 unspecified atom stereocenters. The van der Waals surface area contributed by atoms with E-state index in [4.69, 9.17) is 9.47 Å². The molecule has 0 saturated heterocycles. The molecule has 0 aliphatic rings. The van der Waals surface area contributed by atoms with Crippen LogP contribution in [0.25, 0.3) is 22.3 Å². The smallest absolute Gasteiger partial charge is 0.195 e. The van der Waals surface area contributed by atoms with Crippen LogP contribution in [0.1, 0.15) is 22.0 Å². The normalized spacial score (nSPS) is 11.6. The van der Waals surface area contributed by atoms with Crippen molar-refractivity contribution in [3.63, 3.8) is 0 Å². The van der Waals surface area contributed by atoms with Gasteiger partial charge in [0.1, 0.15) is 17.6 Å². The SMILES string of the molecule is COc1ccc(-c2ccc(C(=O)C(O)c3ccc(-c4ccc(OC)cc4)cc3)cc2)cc1. The molecule has 0 aliphatic carbocycles. The van der Waals surface area contributed by atoms with Crippen LogP contribution in [0, 0.1) is 0 Å². The molecule has 4 heteroatoms. The van der Waals surface area contributed by atoms with Crippen LogP contribution in [0.5, 0.6) is 11.5 Å². The maximum atomic E-state index is 12.8. The largest absolute Gasteiger partial charge is 0.497 e. The van der Waals surface area contributed by atoms with E-state index < -0.39 is 6.10 Å². The van der Waals surface area contributed by atoms with Gasteiger partial charge in [-0.1, -0.05) is 72.8 Å². The van der Waals surface area contributed by atoms with Gasteiger partial charge in [-0.2, -0.15) is 0 Å².